The normalized spacial score (nSPS) is 16.3. The number of likely N-dealkylation sites (N-methyl/N-ethyl adjacent to an activating group) is 1. The van der Waals surface area contributed by atoms with E-state index >= 15 is 8.63 Å². The maximum absolute atomic E-state index is 16.2. The molecule has 7 aromatic rings. The van der Waals surface area contributed by atoms with Crippen LogP contribution in [-0.2, 0) is 0 Å². The van der Waals surface area contributed by atoms with Crippen molar-refractivity contribution < 1.29 is 22.6 Å². The highest BCUT2D eigenvalue weighted by Gasteiger charge is 2.56. The fraction of sp³-hybridized carbons (Fsp3) is 0.265. The Balaban J connectivity index is 0.724. The number of nitrogens with one attached hydrogen (secondary N) is 3. The average Bonchev–Trinajstić information content (AvgIpc) is 4.05. The van der Waals surface area contributed by atoms with Crippen molar-refractivity contribution in [3.05, 3.63) is 134 Å². The van der Waals surface area contributed by atoms with E-state index in [0.717, 1.165) is 115 Å². The zero-order valence-electron chi connectivity index (χ0n) is 36.5. The predicted octanol–water partition coefficient (Wildman–Crippen LogP) is 9.72. The fourth-order valence-electron chi connectivity index (χ4n) is 9.47. The number of carbonyl (C=O) groups excluding carboxylic acids is 1. The smallest absolute Gasteiger partial charge is 0.494 e. The second-order valence-corrected chi connectivity index (χ2v) is 18.3. The topological polar surface area (TPSA) is 110 Å². The summed E-state index contributed by atoms with van der Waals surface area (Å²) in [5.74, 6) is 2.18. The molecule has 3 aliphatic heterocycles. The van der Waals surface area contributed by atoms with Crippen molar-refractivity contribution in [1.29, 1.82) is 0 Å². The molecule has 4 aromatic carbocycles. The molecule has 1 saturated heterocycles. The Morgan fingerprint density at radius 1 is 0.812 bits per heavy atom. The number of rotatable bonds is 11. The van der Waals surface area contributed by atoms with Crippen LogP contribution in [0.5, 0.6) is 5.75 Å². The van der Waals surface area contributed by atoms with E-state index < -0.39 is 6.97 Å². The fourth-order valence-corrected chi connectivity index (χ4v) is 9.99. The molecule has 3 aromatic heterocycles. The van der Waals surface area contributed by atoms with E-state index in [1.54, 1.807) is 26.0 Å². The molecule has 3 aliphatic rings. The van der Waals surface area contributed by atoms with E-state index in [-0.39, 0.29) is 5.91 Å². The van der Waals surface area contributed by atoms with Crippen LogP contribution in [0.25, 0.3) is 50.4 Å². The Kier molecular flexibility index (Phi) is 10.8. The Bertz CT molecular complexity index is 3080. The molecule has 0 bridgehead atoms. The number of anilines is 1. The third-order valence-corrected chi connectivity index (χ3v) is 14.5. The second-order valence-electron chi connectivity index (χ2n) is 17.2. The van der Waals surface area contributed by atoms with Gasteiger partial charge in [0.15, 0.2) is 5.70 Å². The van der Waals surface area contributed by atoms with Crippen molar-refractivity contribution in [3.63, 3.8) is 0 Å². The molecule has 64 heavy (non-hydrogen) atoms. The van der Waals surface area contributed by atoms with Gasteiger partial charge < -0.3 is 47.4 Å². The third-order valence-electron chi connectivity index (χ3n) is 12.9. The van der Waals surface area contributed by atoms with Gasteiger partial charge in [-0.25, -0.2) is 9.97 Å². The van der Waals surface area contributed by atoms with Crippen LogP contribution in [0.15, 0.2) is 106 Å². The van der Waals surface area contributed by atoms with E-state index in [2.05, 4.69) is 85.1 Å². The van der Waals surface area contributed by atoms with E-state index in [9.17, 15) is 4.79 Å². The summed E-state index contributed by atoms with van der Waals surface area (Å²) in [5, 5.41) is 3.01. The summed E-state index contributed by atoms with van der Waals surface area (Å²) >= 11 is 2.17. The van der Waals surface area contributed by atoms with Crippen molar-refractivity contribution in [1.82, 2.24) is 34.6 Å². The molecule has 0 spiro atoms. The first-order valence-electron chi connectivity index (χ1n) is 21.9. The van der Waals surface area contributed by atoms with E-state index in [1.807, 2.05) is 62.4 Å². The molecule has 3 N–H and O–H groups in total. The summed E-state index contributed by atoms with van der Waals surface area (Å²) in [6.45, 7) is 8.37. The number of ether oxygens (including phenoxy) is 1. The number of hydrogen-bond donors (Lipinski definition) is 3. The lowest BCUT2D eigenvalue weighted by Gasteiger charge is -2.34. The lowest BCUT2D eigenvalue weighted by molar-refractivity contribution is -0.363. The van der Waals surface area contributed by atoms with Crippen LogP contribution in [0.3, 0.4) is 0 Å². The number of halogens is 3. The van der Waals surface area contributed by atoms with Crippen LogP contribution in [0, 0.1) is 13.8 Å². The van der Waals surface area contributed by atoms with Gasteiger partial charge in [-0.05, 0) is 159 Å². The van der Waals surface area contributed by atoms with Gasteiger partial charge in [0.25, 0.3) is 5.91 Å². The molecule has 0 saturated carbocycles. The Morgan fingerprint density at radius 2 is 1.45 bits per heavy atom. The molecule has 11 nitrogen and oxygen atoms in total. The molecule has 1 fully saturated rings. The lowest BCUT2D eigenvalue weighted by atomic mass is 9.83. The average molecular weight is 970 g/mol. The molecule has 0 aliphatic carbocycles. The van der Waals surface area contributed by atoms with Gasteiger partial charge in [0.05, 0.1) is 37.8 Å². The number of allylic oxidation sites excluding steroid dienone is 2. The minimum atomic E-state index is -4.07. The number of aryl methyl sites for hydroxylation is 2. The molecular formula is C49H49BF2IN9O2. The Hall–Kier alpha value is -6.07. The summed E-state index contributed by atoms with van der Waals surface area (Å²) in [6, 6.07) is 29.6. The molecule has 326 valence electrons. The molecule has 6 heterocycles. The number of aromatic amines is 2. The van der Waals surface area contributed by atoms with Crippen LogP contribution in [-0.4, -0.2) is 98.8 Å². The Morgan fingerprint density at radius 3 is 2.17 bits per heavy atom. The van der Waals surface area contributed by atoms with Gasteiger partial charge in [0.2, 0.25) is 0 Å². The second kappa shape index (κ2) is 16.5. The van der Waals surface area contributed by atoms with Gasteiger partial charge in [0.1, 0.15) is 23.1 Å². The monoisotopic (exact) mass is 969 g/mol. The van der Waals surface area contributed by atoms with Crippen molar-refractivity contribution >= 4 is 74.5 Å². The highest BCUT2D eigenvalue weighted by Crippen LogP contribution is 2.46. The lowest BCUT2D eigenvalue weighted by Crippen LogP contribution is -2.51. The molecule has 10 rings (SSSR count). The van der Waals surface area contributed by atoms with Gasteiger partial charge in [-0.3, -0.25) is 4.79 Å². The zero-order valence-corrected chi connectivity index (χ0v) is 38.7. The van der Waals surface area contributed by atoms with Crippen molar-refractivity contribution in [2.45, 2.75) is 40.5 Å². The molecular weight excluding hydrogens is 920 g/mol. The summed E-state index contributed by atoms with van der Waals surface area (Å²) in [4.78, 5) is 34.7. The standard InChI is InChI=1S/C49H49BF2IN9O2/c1-29-26-30(2)61-45(29)43(46-31(3)44(53)32(4)62(46)50(61,51)52)33-8-10-35(11-9-33)49(63)54-20-6-7-25-64-38-16-12-34(13-17-38)47-55-39-18-14-36(27-41(39)57-47)48-56-40-19-15-37(28-42(40)58-48)60-23-21-59(5)22-24-60/h8-19,26-28H,6-7,20-25H2,1-5H3,(H,54,63)(H,55,57)(H,56,58)/i53-2. The number of hydrogen-bond acceptors (Lipinski definition) is 6. The Labute approximate surface area is 384 Å². The largest absolute Gasteiger partial charge is 0.737 e. The number of unbranched alkanes of at least 4 members (excludes halogenated alkanes) is 1. The number of nitrogens with zero attached hydrogens (tertiary/aromatic N) is 6. The van der Waals surface area contributed by atoms with Gasteiger partial charge in [-0.1, -0.05) is 12.1 Å². The first-order valence-corrected chi connectivity index (χ1v) is 22.9. The minimum Gasteiger partial charge on any atom is -0.494 e. The van der Waals surface area contributed by atoms with Gasteiger partial charge in [-0.15, -0.1) is 0 Å². The van der Waals surface area contributed by atoms with E-state index in [4.69, 9.17) is 14.7 Å². The van der Waals surface area contributed by atoms with Crippen molar-refractivity contribution in [2.75, 3.05) is 51.3 Å². The number of aromatic nitrogens is 5. The quantitative estimate of drug-likeness (QED) is 0.0677. The predicted molar refractivity (Wildman–Crippen MR) is 261 cm³/mol. The first kappa shape index (κ1) is 41.9. The molecule has 0 radical (unpaired) electrons. The number of imidazole rings is 2. The SMILES string of the molecule is CC1=C([125I])C(C)=[N+]2C1=C(c1ccc(C(=O)NCCCCOc3ccc(-c4nc5ccc(-c6nc7ccc(N8CCN(C)CC8)cc7[nH]6)cc5[nH]4)cc3)cc1)c1c(C)cc(C)n1[B-]2(F)F. The highest BCUT2D eigenvalue weighted by molar-refractivity contribution is 14.1. The number of piperazine rings is 1. The van der Waals surface area contributed by atoms with Gasteiger partial charge >= 0.3 is 6.97 Å². The summed E-state index contributed by atoms with van der Waals surface area (Å²) in [6.07, 6.45) is 1.50. The van der Waals surface area contributed by atoms with Crippen LogP contribution >= 0.6 is 22.6 Å². The molecule has 0 unspecified atom stereocenters. The maximum Gasteiger partial charge on any atom is 0.737 e. The number of amides is 1. The van der Waals surface area contributed by atoms with E-state index in [0.29, 0.717) is 41.5 Å². The van der Waals surface area contributed by atoms with Crippen LogP contribution in [0.4, 0.5) is 14.3 Å². The summed E-state index contributed by atoms with van der Waals surface area (Å²) < 4.78 is 41.6. The van der Waals surface area contributed by atoms with Crippen LogP contribution in [0.2, 0.25) is 0 Å². The summed E-state index contributed by atoms with van der Waals surface area (Å²) in [7, 11) is 2.17. The number of carbonyl (C=O) groups is 1. The molecule has 1 amide bonds. The maximum atomic E-state index is 16.2. The van der Waals surface area contributed by atoms with Crippen LogP contribution in [0.1, 0.15) is 59.6 Å². The number of benzene rings is 4. The summed E-state index contributed by atoms with van der Waals surface area (Å²) in [5.41, 5.74) is 12.8. The molecule has 0 atom stereocenters. The molecule has 15 heteroatoms. The van der Waals surface area contributed by atoms with Gasteiger partial charge in [0, 0.05) is 73.3 Å². The minimum absolute atomic E-state index is 0.182. The van der Waals surface area contributed by atoms with Crippen molar-refractivity contribution in [2.24, 2.45) is 0 Å². The third kappa shape index (κ3) is 7.41. The van der Waals surface area contributed by atoms with Gasteiger partial charge in [-0.2, -0.15) is 0 Å². The first-order chi connectivity index (χ1) is 30.8. The number of fused-ring (bicyclic) bond motifs is 4. The van der Waals surface area contributed by atoms with Crippen LogP contribution < -0.4 is 15.0 Å². The van der Waals surface area contributed by atoms with E-state index in [1.165, 1.54) is 14.7 Å². The number of H-pyrrole nitrogens is 2. The highest BCUT2D eigenvalue weighted by atomic mass is 125. The van der Waals surface area contributed by atoms with Crippen molar-refractivity contribution in [3.8, 4) is 28.5 Å². The zero-order chi connectivity index (χ0) is 44.4.